The van der Waals surface area contributed by atoms with E-state index < -0.39 is 0 Å². The van der Waals surface area contributed by atoms with Gasteiger partial charge in [-0.15, -0.1) is 0 Å². The minimum absolute atomic E-state index is 0.965. The Morgan fingerprint density at radius 1 is 0.200 bits per heavy atom. The van der Waals surface area contributed by atoms with E-state index in [4.69, 9.17) is 0 Å². The normalized spacial score (nSPS) is 12.3. The van der Waals surface area contributed by atoms with Gasteiger partial charge in [0.15, 0.2) is 0 Å². The number of hydrogen-bond acceptors (Lipinski definition) is 0. The van der Waals surface area contributed by atoms with Crippen LogP contribution in [-0.4, -0.2) is 0 Å². The second-order valence-electron chi connectivity index (χ2n) is 15.8. The summed E-state index contributed by atoms with van der Waals surface area (Å²) in [5.41, 5.74) is 0. The zero-order valence-electron chi connectivity index (χ0n) is 32.6. The molecule has 0 nitrogen and oxygen atoms in total. The maximum Gasteiger partial charge on any atom is -0.0443 e. The number of rotatable bonds is 41. The Morgan fingerprint density at radius 2 is 0.333 bits per heavy atom. The van der Waals surface area contributed by atoms with E-state index in [1.54, 1.807) is 0 Å². The first-order chi connectivity index (χ1) is 22.3. The molecule has 0 fully saturated rings. The predicted molar refractivity (Wildman–Crippen MR) is 210 cm³/mol. The Hall–Kier alpha value is 0. The number of hydrogen-bond donors (Lipinski definition) is 0. The van der Waals surface area contributed by atoms with Gasteiger partial charge in [-0.25, -0.2) is 0 Å². The van der Waals surface area contributed by atoms with Crippen molar-refractivity contribution in [2.75, 3.05) is 0 Å². The molecule has 1 atom stereocenters. The molecule has 0 aromatic rings. The van der Waals surface area contributed by atoms with Gasteiger partial charge in [0.2, 0.25) is 0 Å². The minimum atomic E-state index is 0.965. The van der Waals surface area contributed by atoms with Gasteiger partial charge in [-0.3, -0.25) is 0 Å². The van der Waals surface area contributed by atoms with Crippen molar-refractivity contribution in [2.45, 2.75) is 284 Å². The van der Waals surface area contributed by atoms with Crippen LogP contribution in [-0.2, 0) is 0 Å². The molecule has 0 bridgehead atoms. The van der Waals surface area contributed by atoms with Crippen molar-refractivity contribution in [1.82, 2.24) is 0 Å². The van der Waals surface area contributed by atoms with Crippen molar-refractivity contribution >= 4 is 0 Å². The van der Waals surface area contributed by atoms with E-state index in [0.29, 0.717) is 0 Å². The average molecular weight is 633 g/mol. The first-order valence-corrected chi connectivity index (χ1v) is 22.3. The Bertz CT molecular complexity index is 480. The summed E-state index contributed by atoms with van der Waals surface area (Å²) in [6.45, 7) is 7.14. The summed E-state index contributed by atoms with van der Waals surface area (Å²) in [5, 5.41) is 0. The summed E-state index contributed by atoms with van der Waals surface area (Å²) < 4.78 is 0. The lowest BCUT2D eigenvalue weighted by Gasteiger charge is -2.11. The molecular formula is C45H92. The molecule has 0 spiro atoms. The third-order valence-corrected chi connectivity index (χ3v) is 10.9. The van der Waals surface area contributed by atoms with Gasteiger partial charge in [-0.2, -0.15) is 0 Å². The highest BCUT2D eigenvalue weighted by atomic mass is 14.1. The zero-order chi connectivity index (χ0) is 32.6. The van der Waals surface area contributed by atoms with Gasteiger partial charge >= 0.3 is 0 Å². The van der Waals surface area contributed by atoms with Crippen molar-refractivity contribution in [3.8, 4) is 0 Å². The smallest absolute Gasteiger partial charge is 0.0443 e. The molecule has 0 heterocycles. The first-order valence-electron chi connectivity index (χ1n) is 22.3. The summed E-state index contributed by atoms with van der Waals surface area (Å²) in [7, 11) is 0. The molecule has 0 N–H and O–H groups in total. The molecule has 0 radical (unpaired) electrons. The topological polar surface area (TPSA) is 0 Å². The largest absolute Gasteiger partial charge is 0.0654 e. The quantitative estimate of drug-likeness (QED) is 0.0588. The van der Waals surface area contributed by atoms with Crippen LogP contribution in [0.5, 0.6) is 0 Å². The van der Waals surface area contributed by atoms with Crippen LogP contribution in [0.25, 0.3) is 0 Å². The lowest BCUT2D eigenvalue weighted by molar-refractivity contribution is 0.429. The zero-order valence-corrected chi connectivity index (χ0v) is 32.6. The van der Waals surface area contributed by atoms with E-state index in [1.807, 2.05) is 0 Å². The van der Waals surface area contributed by atoms with Crippen LogP contribution in [0, 0.1) is 5.92 Å². The number of unbranched alkanes of at least 4 members (excludes halogenated alkanes) is 37. The van der Waals surface area contributed by atoms with Crippen LogP contribution in [0.2, 0.25) is 0 Å². The van der Waals surface area contributed by atoms with Gasteiger partial charge in [0, 0.05) is 0 Å². The van der Waals surface area contributed by atoms with Crippen molar-refractivity contribution in [3.05, 3.63) is 0 Å². The van der Waals surface area contributed by atoms with Gasteiger partial charge in [0.05, 0.1) is 0 Å². The van der Waals surface area contributed by atoms with Gasteiger partial charge in [-0.1, -0.05) is 284 Å². The van der Waals surface area contributed by atoms with Gasteiger partial charge in [-0.05, 0) is 5.92 Å². The van der Waals surface area contributed by atoms with E-state index >= 15 is 0 Å². The van der Waals surface area contributed by atoms with Crippen LogP contribution in [0.3, 0.4) is 0 Å². The van der Waals surface area contributed by atoms with E-state index in [9.17, 15) is 0 Å². The molecule has 0 aromatic carbocycles. The molecule has 0 amide bonds. The van der Waals surface area contributed by atoms with Gasteiger partial charge in [0.25, 0.3) is 0 Å². The Labute approximate surface area is 289 Å². The van der Waals surface area contributed by atoms with Crippen LogP contribution >= 0.6 is 0 Å². The summed E-state index contributed by atoms with van der Waals surface area (Å²) in [6.07, 6.45) is 60.7. The molecule has 1 unspecified atom stereocenters. The van der Waals surface area contributed by atoms with Crippen molar-refractivity contribution in [3.63, 3.8) is 0 Å². The van der Waals surface area contributed by atoms with E-state index in [2.05, 4.69) is 20.8 Å². The second kappa shape index (κ2) is 42.0. The van der Waals surface area contributed by atoms with Gasteiger partial charge in [0.1, 0.15) is 0 Å². The standard InChI is InChI=1S/C45H92/c1-4-6-8-10-12-14-16-18-20-21-22-23-24-25-26-27-28-30-32-34-36-38-40-42-44-45(3)43-41-39-37-35-33-31-29-19-17-15-13-11-9-7-5-2/h45H,4-44H2,1-3H3. The fourth-order valence-electron chi connectivity index (χ4n) is 7.46. The van der Waals surface area contributed by atoms with Crippen LogP contribution in [0.1, 0.15) is 284 Å². The second-order valence-corrected chi connectivity index (χ2v) is 15.8. The SMILES string of the molecule is CCCCCCCCCCCCCCCCCCCCCCCCCCC(C)CCCCCCCCCCCCCCCCC. The summed E-state index contributed by atoms with van der Waals surface area (Å²) in [6, 6.07) is 0. The molecular weight excluding hydrogens is 540 g/mol. The third kappa shape index (κ3) is 42.0. The predicted octanol–water partition coefficient (Wildman–Crippen LogP) is 17.7. The maximum absolute atomic E-state index is 2.52. The van der Waals surface area contributed by atoms with E-state index in [0.717, 1.165) is 5.92 Å². The minimum Gasteiger partial charge on any atom is -0.0654 e. The summed E-state index contributed by atoms with van der Waals surface area (Å²) in [5.74, 6) is 0.965. The lowest BCUT2D eigenvalue weighted by atomic mass is 9.95. The molecule has 45 heavy (non-hydrogen) atoms. The molecule has 0 rings (SSSR count). The van der Waals surface area contributed by atoms with Crippen molar-refractivity contribution < 1.29 is 0 Å². The van der Waals surface area contributed by atoms with Gasteiger partial charge < -0.3 is 0 Å². The molecule has 0 aliphatic rings. The highest BCUT2D eigenvalue weighted by Crippen LogP contribution is 2.20. The molecule has 272 valence electrons. The fourth-order valence-corrected chi connectivity index (χ4v) is 7.46. The summed E-state index contributed by atoms with van der Waals surface area (Å²) >= 11 is 0. The molecule has 0 heteroatoms. The molecule has 0 saturated heterocycles. The Kier molecular flexibility index (Phi) is 42.0. The average Bonchev–Trinajstić information content (AvgIpc) is 3.05. The highest BCUT2D eigenvalue weighted by Gasteiger charge is 2.03. The lowest BCUT2D eigenvalue weighted by Crippen LogP contribution is -1.95. The Balaban J connectivity index is 3.13. The van der Waals surface area contributed by atoms with Crippen LogP contribution in [0.4, 0.5) is 0 Å². The monoisotopic (exact) mass is 633 g/mol. The van der Waals surface area contributed by atoms with Crippen molar-refractivity contribution in [1.29, 1.82) is 0 Å². The molecule has 0 aliphatic carbocycles. The van der Waals surface area contributed by atoms with E-state index in [1.165, 1.54) is 263 Å². The van der Waals surface area contributed by atoms with Crippen molar-refractivity contribution in [2.24, 2.45) is 5.92 Å². The Morgan fingerprint density at radius 3 is 0.489 bits per heavy atom. The highest BCUT2D eigenvalue weighted by molar-refractivity contribution is 4.57. The van der Waals surface area contributed by atoms with Crippen LogP contribution < -0.4 is 0 Å². The summed E-state index contributed by atoms with van der Waals surface area (Å²) in [4.78, 5) is 0. The fraction of sp³-hybridized carbons (Fsp3) is 1.00. The third-order valence-electron chi connectivity index (χ3n) is 10.9. The maximum atomic E-state index is 2.52. The molecule has 0 aliphatic heterocycles. The molecule has 0 aromatic heterocycles. The van der Waals surface area contributed by atoms with E-state index in [-0.39, 0.29) is 0 Å². The van der Waals surface area contributed by atoms with Crippen LogP contribution in [0.15, 0.2) is 0 Å². The first kappa shape index (κ1) is 45.0. The molecule has 0 saturated carbocycles.